The molecule has 4 fully saturated rings. The Morgan fingerprint density at radius 1 is 0.714 bits per heavy atom. The Morgan fingerprint density at radius 2 is 1.11 bits per heavy atom. The summed E-state index contributed by atoms with van der Waals surface area (Å²) in [5.41, 5.74) is 5.51. The molecule has 3 N–H and O–H groups in total. The molecule has 0 bridgehead atoms. The Kier molecular flexibility index (Phi) is 11.1. The van der Waals surface area contributed by atoms with E-state index in [1.54, 1.807) is 0 Å². The lowest BCUT2D eigenvalue weighted by molar-refractivity contribution is 0.0459. The standard InChI is InChI=1S/C16H31N3O2.C11H23N3/c1-16(2,3)21-15(20)17-13-5-7-14(8-6-13)19-11-9-18(4)10-12-19;1-13-6-8-14(9-7-13)11-4-2-10(12)3-5-11/h13-14H,5-12H2,1-4H3,(H,17,20);10-11H,2-9,12H2,1H3. The van der Waals surface area contributed by atoms with E-state index < -0.39 is 5.60 Å². The molecule has 2 aliphatic carbocycles. The lowest BCUT2D eigenvalue weighted by Gasteiger charge is -2.41. The van der Waals surface area contributed by atoms with Gasteiger partial charge in [-0.3, -0.25) is 9.80 Å². The maximum Gasteiger partial charge on any atom is 0.407 e. The highest BCUT2D eigenvalue weighted by Gasteiger charge is 2.29. The lowest BCUT2D eigenvalue weighted by atomic mass is 9.90. The summed E-state index contributed by atoms with van der Waals surface area (Å²) in [6.07, 6.45) is 9.34. The topological polar surface area (TPSA) is 77.3 Å². The van der Waals surface area contributed by atoms with Crippen LogP contribution in [0.4, 0.5) is 4.79 Å². The van der Waals surface area contributed by atoms with Crippen LogP contribution in [0.2, 0.25) is 0 Å². The number of ether oxygens (including phenoxy) is 1. The van der Waals surface area contributed by atoms with E-state index in [4.69, 9.17) is 10.5 Å². The summed E-state index contributed by atoms with van der Waals surface area (Å²) in [6.45, 7) is 15.4. The first-order chi connectivity index (χ1) is 16.6. The quantitative estimate of drug-likeness (QED) is 0.624. The van der Waals surface area contributed by atoms with Crippen molar-refractivity contribution in [3.63, 3.8) is 0 Å². The van der Waals surface area contributed by atoms with Crippen molar-refractivity contribution in [2.75, 3.05) is 66.5 Å². The normalized spacial score (nSPS) is 32.4. The van der Waals surface area contributed by atoms with E-state index in [0.29, 0.717) is 12.1 Å². The molecule has 2 saturated heterocycles. The molecular formula is C27H54N6O2. The molecule has 4 aliphatic rings. The molecule has 0 unspecified atom stereocenters. The summed E-state index contributed by atoms with van der Waals surface area (Å²) < 4.78 is 5.33. The number of nitrogens with one attached hydrogen (secondary N) is 1. The molecule has 0 aromatic rings. The van der Waals surface area contributed by atoms with Gasteiger partial charge in [0.2, 0.25) is 0 Å². The minimum Gasteiger partial charge on any atom is -0.444 e. The van der Waals surface area contributed by atoms with E-state index in [-0.39, 0.29) is 12.1 Å². The van der Waals surface area contributed by atoms with Crippen LogP contribution in [0.1, 0.15) is 72.1 Å². The average Bonchev–Trinajstić information content (AvgIpc) is 2.80. The van der Waals surface area contributed by atoms with Crippen LogP contribution in [0.5, 0.6) is 0 Å². The molecule has 2 aliphatic heterocycles. The number of likely N-dealkylation sites (N-methyl/N-ethyl adjacent to an activating group) is 2. The van der Waals surface area contributed by atoms with E-state index in [1.165, 1.54) is 90.9 Å². The van der Waals surface area contributed by atoms with Crippen LogP contribution in [0.25, 0.3) is 0 Å². The van der Waals surface area contributed by atoms with E-state index in [9.17, 15) is 4.79 Å². The SMILES string of the molecule is CN1CCN(C2CCC(N)CC2)CC1.CN1CCN(C2CCC(NC(=O)OC(C)(C)C)CC2)CC1. The van der Waals surface area contributed by atoms with Gasteiger partial charge in [0, 0.05) is 76.5 Å². The second-order valence-corrected chi connectivity index (χ2v) is 12.4. The number of carbonyl (C=O) groups excluding carboxylic acids is 1. The van der Waals surface area contributed by atoms with Crippen molar-refractivity contribution in [2.24, 2.45) is 5.73 Å². The molecule has 35 heavy (non-hydrogen) atoms. The number of alkyl carbamates (subject to hydrolysis) is 1. The highest BCUT2D eigenvalue weighted by molar-refractivity contribution is 5.68. The summed E-state index contributed by atoms with van der Waals surface area (Å²) in [4.78, 5) is 21.9. The Hall–Kier alpha value is -0.930. The summed E-state index contributed by atoms with van der Waals surface area (Å²) in [7, 11) is 4.41. The van der Waals surface area contributed by atoms with Gasteiger partial charge < -0.3 is 25.6 Å². The highest BCUT2D eigenvalue weighted by atomic mass is 16.6. The summed E-state index contributed by atoms with van der Waals surface area (Å²) in [6, 6.07) is 2.31. The fourth-order valence-electron chi connectivity index (χ4n) is 5.90. The zero-order valence-corrected chi connectivity index (χ0v) is 23.3. The smallest absolute Gasteiger partial charge is 0.407 e. The van der Waals surface area contributed by atoms with E-state index in [1.807, 2.05) is 20.8 Å². The number of amides is 1. The Balaban J connectivity index is 0.000000211. The van der Waals surface area contributed by atoms with Crippen molar-refractivity contribution in [2.45, 2.75) is 102 Å². The van der Waals surface area contributed by atoms with Gasteiger partial charge in [-0.15, -0.1) is 0 Å². The Labute approximate surface area is 214 Å². The fourth-order valence-corrected chi connectivity index (χ4v) is 5.90. The fraction of sp³-hybridized carbons (Fsp3) is 0.963. The van der Waals surface area contributed by atoms with Gasteiger partial charge in [0.1, 0.15) is 5.60 Å². The largest absolute Gasteiger partial charge is 0.444 e. The summed E-state index contributed by atoms with van der Waals surface area (Å²) >= 11 is 0. The molecule has 0 aromatic heterocycles. The molecule has 1 amide bonds. The van der Waals surface area contributed by atoms with Gasteiger partial charge in [-0.05, 0) is 86.2 Å². The Bertz CT molecular complexity index is 590. The van der Waals surface area contributed by atoms with E-state index >= 15 is 0 Å². The number of piperazine rings is 2. The van der Waals surface area contributed by atoms with Gasteiger partial charge in [-0.25, -0.2) is 4.79 Å². The first kappa shape index (κ1) is 28.6. The van der Waals surface area contributed by atoms with Crippen LogP contribution in [0.3, 0.4) is 0 Å². The molecule has 2 heterocycles. The number of hydrogen-bond donors (Lipinski definition) is 2. The number of nitrogens with two attached hydrogens (primary N) is 1. The van der Waals surface area contributed by atoms with Crippen LogP contribution in [-0.4, -0.2) is 122 Å². The minimum atomic E-state index is -0.416. The van der Waals surface area contributed by atoms with Gasteiger partial charge >= 0.3 is 6.09 Å². The van der Waals surface area contributed by atoms with Crippen LogP contribution in [-0.2, 0) is 4.74 Å². The van der Waals surface area contributed by atoms with Crippen molar-refractivity contribution in [1.82, 2.24) is 24.9 Å². The number of rotatable bonds is 3. The molecule has 204 valence electrons. The molecule has 8 heteroatoms. The zero-order chi connectivity index (χ0) is 25.4. The second kappa shape index (κ2) is 13.6. The molecule has 8 nitrogen and oxygen atoms in total. The van der Waals surface area contributed by atoms with E-state index in [0.717, 1.165) is 18.9 Å². The summed E-state index contributed by atoms with van der Waals surface area (Å²) in [5, 5.41) is 3.02. The maximum absolute atomic E-state index is 11.8. The number of nitrogens with zero attached hydrogens (tertiary/aromatic N) is 4. The van der Waals surface area contributed by atoms with Gasteiger partial charge in [0.25, 0.3) is 0 Å². The lowest BCUT2D eigenvalue weighted by Crippen LogP contribution is -2.51. The predicted octanol–water partition coefficient (Wildman–Crippen LogP) is 2.57. The minimum absolute atomic E-state index is 0.273. The molecule has 0 atom stereocenters. The third kappa shape index (κ3) is 10.2. The van der Waals surface area contributed by atoms with Crippen LogP contribution in [0, 0.1) is 0 Å². The number of carbonyl (C=O) groups is 1. The summed E-state index contributed by atoms with van der Waals surface area (Å²) in [5.74, 6) is 0. The molecular weight excluding hydrogens is 440 g/mol. The zero-order valence-electron chi connectivity index (χ0n) is 23.3. The maximum atomic E-state index is 11.8. The van der Waals surface area contributed by atoms with Gasteiger partial charge in [-0.2, -0.15) is 0 Å². The van der Waals surface area contributed by atoms with Gasteiger partial charge in [-0.1, -0.05) is 0 Å². The van der Waals surface area contributed by atoms with Crippen LogP contribution in [0.15, 0.2) is 0 Å². The van der Waals surface area contributed by atoms with Gasteiger partial charge in [0.05, 0.1) is 0 Å². The Morgan fingerprint density at radius 3 is 1.51 bits per heavy atom. The molecule has 2 saturated carbocycles. The molecule has 4 rings (SSSR count). The average molecular weight is 495 g/mol. The predicted molar refractivity (Wildman–Crippen MR) is 144 cm³/mol. The first-order valence-corrected chi connectivity index (χ1v) is 14.2. The highest BCUT2D eigenvalue weighted by Crippen LogP contribution is 2.25. The van der Waals surface area contributed by atoms with Gasteiger partial charge in [0.15, 0.2) is 0 Å². The van der Waals surface area contributed by atoms with Crippen molar-refractivity contribution < 1.29 is 9.53 Å². The van der Waals surface area contributed by atoms with Crippen molar-refractivity contribution in [1.29, 1.82) is 0 Å². The van der Waals surface area contributed by atoms with Crippen molar-refractivity contribution in [3.05, 3.63) is 0 Å². The van der Waals surface area contributed by atoms with Crippen molar-refractivity contribution in [3.8, 4) is 0 Å². The number of hydrogen-bond acceptors (Lipinski definition) is 7. The van der Waals surface area contributed by atoms with E-state index in [2.05, 4.69) is 39.0 Å². The first-order valence-electron chi connectivity index (χ1n) is 14.2. The molecule has 0 aromatic carbocycles. The van der Waals surface area contributed by atoms with Crippen LogP contribution < -0.4 is 11.1 Å². The second-order valence-electron chi connectivity index (χ2n) is 12.4. The third-order valence-electron chi connectivity index (χ3n) is 8.27. The van der Waals surface area contributed by atoms with Crippen LogP contribution >= 0.6 is 0 Å². The third-order valence-corrected chi connectivity index (χ3v) is 8.27. The van der Waals surface area contributed by atoms with Crippen molar-refractivity contribution >= 4 is 6.09 Å². The molecule has 0 radical (unpaired) electrons. The molecule has 0 spiro atoms. The monoisotopic (exact) mass is 494 g/mol.